The molecule has 0 bridgehead atoms. The highest BCUT2D eigenvalue weighted by atomic mass is 32.2. The third-order valence-corrected chi connectivity index (χ3v) is 5.14. The monoisotopic (exact) mass is 326 g/mol. The van der Waals surface area contributed by atoms with Crippen LogP contribution in [0.2, 0.25) is 0 Å². The number of rotatable bonds is 3. The first-order valence-corrected chi connectivity index (χ1v) is 8.34. The third-order valence-electron chi connectivity index (χ3n) is 3.87. The van der Waals surface area contributed by atoms with Gasteiger partial charge in [0.2, 0.25) is 11.8 Å². The number of hydrogen-bond acceptors (Lipinski definition) is 3. The van der Waals surface area contributed by atoms with Gasteiger partial charge in [-0.2, -0.15) is 0 Å². The summed E-state index contributed by atoms with van der Waals surface area (Å²) in [5, 5.41) is 5.32. The summed E-state index contributed by atoms with van der Waals surface area (Å²) >= 11 is 1.44. The Labute approximate surface area is 139 Å². The van der Waals surface area contributed by atoms with Crippen LogP contribution >= 0.6 is 11.8 Å². The second kappa shape index (κ2) is 6.46. The number of fused-ring (bicyclic) bond motifs is 1. The van der Waals surface area contributed by atoms with E-state index in [2.05, 4.69) is 10.6 Å². The average Bonchev–Trinajstić information content (AvgIpc) is 2.51. The Morgan fingerprint density at radius 3 is 2.74 bits per heavy atom. The summed E-state index contributed by atoms with van der Waals surface area (Å²) in [6.45, 7) is 4.04. The number of aryl methyl sites for hydroxylation is 2. The molecule has 2 amide bonds. The van der Waals surface area contributed by atoms with Gasteiger partial charge in [-0.1, -0.05) is 18.2 Å². The van der Waals surface area contributed by atoms with Gasteiger partial charge in [-0.3, -0.25) is 9.59 Å². The van der Waals surface area contributed by atoms with Crippen LogP contribution in [0.15, 0.2) is 47.4 Å². The van der Waals surface area contributed by atoms with E-state index in [1.165, 1.54) is 17.3 Å². The SMILES string of the molecule is Cc1ccc(NC(=O)C[C@@H]2Sc3ccccc3NC2=O)cc1C. The van der Waals surface area contributed by atoms with Gasteiger partial charge in [0.05, 0.1) is 10.9 Å². The van der Waals surface area contributed by atoms with E-state index in [1.807, 2.05) is 56.3 Å². The van der Waals surface area contributed by atoms with Crippen molar-refractivity contribution in [3.05, 3.63) is 53.6 Å². The van der Waals surface area contributed by atoms with Crippen LogP contribution in [0.4, 0.5) is 11.4 Å². The van der Waals surface area contributed by atoms with Crippen molar-refractivity contribution >= 4 is 35.0 Å². The second-order valence-electron chi connectivity index (χ2n) is 5.64. The lowest BCUT2D eigenvalue weighted by Crippen LogP contribution is -2.32. The van der Waals surface area contributed by atoms with Gasteiger partial charge < -0.3 is 10.6 Å². The molecule has 1 heterocycles. The number of thioether (sulfide) groups is 1. The molecule has 2 N–H and O–H groups in total. The third kappa shape index (κ3) is 3.56. The molecule has 3 rings (SSSR count). The molecule has 0 aliphatic carbocycles. The fourth-order valence-corrected chi connectivity index (χ4v) is 3.54. The van der Waals surface area contributed by atoms with Crippen molar-refractivity contribution in [3.63, 3.8) is 0 Å². The first-order valence-electron chi connectivity index (χ1n) is 7.46. The van der Waals surface area contributed by atoms with E-state index in [-0.39, 0.29) is 18.2 Å². The highest BCUT2D eigenvalue weighted by Gasteiger charge is 2.28. The molecule has 0 saturated heterocycles. The summed E-state index contributed by atoms with van der Waals surface area (Å²) in [6.07, 6.45) is 0.151. The lowest BCUT2D eigenvalue weighted by atomic mass is 10.1. The summed E-state index contributed by atoms with van der Waals surface area (Å²) in [6, 6.07) is 13.4. The summed E-state index contributed by atoms with van der Waals surface area (Å²) in [5.74, 6) is -0.274. The number of carbonyl (C=O) groups excluding carboxylic acids is 2. The van der Waals surface area contributed by atoms with Gasteiger partial charge in [-0.25, -0.2) is 0 Å². The first-order chi connectivity index (χ1) is 11.0. The molecule has 1 aliphatic rings. The molecular formula is C18H18N2O2S. The number of nitrogens with one attached hydrogen (secondary N) is 2. The minimum Gasteiger partial charge on any atom is -0.326 e. The number of carbonyl (C=O) groups is 2. The van der Waals surface area contributed by atoms with Gasteiger partial charge in [0.1, 0.15) is 0 Å². The van der Waals surface area contributed by atoms with Crippen LogP contribution in [0.25, 0.3) is 0 Å². The van der Waals surface area contributed by atoms with E-state index in [0.717, 1.165) is 21.8 Å². The van der Waals surface area contributed by atoms with E-state index in [1.54, 1.807) is 0 Å². The van der Waals surface area contributed by atoms with Gasteiger partial charge in [0.25, 0.3) is 0 Å². The Bertz CT molecular complexity index is 773. The Hall–Kier alpha value is -2.27. The number of hydrogen-bond donors (Lipinski definition) is 2. The summed E-state index contributed by atoms with van der Waals surface area (Å²) < 4.78 is 0. The second-order valence-corrected chi connectivity index (χ2v) is 6.89. The van der Waals surface area contributed by atoms with Crippen LogP contribution in [-0.2, 0) is 9.59 Å². The molecule has 0 fully saturated rings. The number of para-hydroxylation sites is 1. The van der Waals surface area contributed by atoms with E-state index in [0.29, 0.717) is 0 Å². The zero-order chi connectivity index (χ0) is 16.4. The van der Waals surface area contributed by atoms with Gasteiger partial charge >= 0.3 is 0 Å². The number of anilines is 2. The fraction of sp³-hybridized carbons (Fsp3) is 0.222. The van der Waals surface area contributed by atoms with Crippen molar-refractivity contribution in [2.45, 2.75) is 30.4 Å². The van der Waals surface area contributed by atoms with Crippen molar-refractivity contribution in [1.82, 2.24) is 0 Å². The van der Waals surface area contributed by atoms with Gasteiger partial charge in [-0.05, 0) is 49.2 Å². The van der Waals surface area contributed by atoms with E-state index in [9.17, 15) is 9.59 Å². The maximum absolute atomic E-state index is 12.2. The molecule has 0 unspecified atom stereocenters. The van der Waals surface area contributed by atoms with Gasteiger partial charge in [-0.15, -0.1) is 11.8 Å². The first kappa shape index (κ1) is 15.6. The van der Waals surface area contributed by atoms with Crippen molar-refractivity contribution in [2.24, 2.45) is 0 Å². The molecule has 4 nitrogen and oxygen atoms in total. The highest BCUT2D eigenvalue weighted by Crippen LogP contribution is 2.36. The normalized spacial score (nSPS) is 16.4. The van der Waals surface area contributed by atoms with Crippen LogP contribution in [0.3, 0.4) is 0 Å². The van der Waals surface area contributed by atoms with Crippen molar-refractivity contribution < 1.29 is 9.59 Å². The summed E-state index contributed by atoms with van der Waals surface area (Å²) in [4.78, 5) is 25.4. The van der Waals surface area contributed by atoms with Crippen LogP contribution < -0.4 is 10.6 Å². The molecule has 23 heavy (non-hydrogen) atoms. The maximum Gasteiger partial charge on any atom is 0.238 e. The average molecular weight is 326 g/mol. The topological polar surface area (TPSA) is 58.2 Å². The lowest BCUT2D eigenvalue weighted by Gasteiger charge is -2.23. The molecular weight excluding hydrogens is 308 g/mol. The molecule has 0 radical (unpaired) electrons. The predicted molar refractivity (Wildman–Crippen MR) is 93.9 cm³/mol. The Balaban J connectivity index is 1.66. The molecule has 0 saturated carbocycles. The molecule has 2 aromatic rings. The van der Waals surface area contributed by atoms with Gasteiger partial charge in [0.15, 0.2) is 0 Å². The molecule has 118 valence electrons. The minimum atomic E-state index is -0.406. The molecule has 1 atom stereocenters. The number of amides is 2. The Kier molecular flexibility index (Phi) is 4.39. The van der Waals surface area contributed by atoms with E-state index in [4.69, 9.17) is 0 Å². The quantitative estimate of drug-likeness (QED) is 0.903. The Morgan fingerprint density at radius 2 is 1.96 bits per heavy atom. The van der Waals surface area contributed by atoms with Crippen molar-refractivity contribution in [3.8, 4) is 0 Å². The molecule has 5 heteroatoms. The zero-order valence-corrected chi connectivity index (χ0v) is 13.9. The molecule has 0 spiro atoms. The van der Waals surface area contributed by atoms with Crippen LogP contribution in [-0.4, -0.2) is 17.1 Å². The van der Waals surface area contributed by atoms with E-state index < -0.39 is 5.25 Å². The van der Waals surface area contributed by atoms with E-state index >= 15 is 0 Å². The minimum absolute atomic E-state index is 0.121. The zero-order valence-electron chi connectivity index (χ0n) is 13.1. The largest absolute Gasteiger partial charge is 0.326 e. The molecule has 2 aromatic carbocycles. The summed E-state index contributed by atoms with van der Waals surface area (Å²) in [5.41, 5.74) is 3.89. The van der Waals surface area contributed by atoms with Gasteiger partial charge in [0, 0.05) is 17.0 Å². The standard InChI is InChI=1S/C18H18N2O2S/c1-11-7-8-13(9-12(11)2)19-17(21)10-16-18(22)20-14-5-3-4-6-15(14)23-16/h3-9,16H,10H2,1-2H3,(H,19,21)(H,20,22)/t16-/m0/s1. The van der Waals surface area contributed by atoms with Crippen LogP contribution in [0.5, 0.6) is 0 Å². The molecule has 1 aliphatic heterocycles. The Morgan fingerprint density at radius 1 is 1.17 bits per heavy atom. The van der Waals surface area contributed by atoms with Crippen LogP contribution in [0.1, 0.15) is 17.5 Å². The van der Waals surface area contributed by atoms with Crippen LogP contribution in [0, 0.1) is 13.8 Å². The highest BCUT2D eigenvalue weighted by molar-refractivity contribution is 8.01. The maximum atomic E-state index is 12.2. The summed E-state index contributed by atoms with van der Waals surface area (Å²) in [7, 11) is 0. The fourth-order valence-electron chi connectivity index (χ4n) is 2.43. The van der Waals surface area contributed by atoms with Crippen molar-refractivity contribution in [1.29, 1.82) is 0 Å². The molecule has 0 aromatic heterocycles. The van der Waals surface area contributed by atoms with Crippen molar-refractivity contribution in [2.75, 3.05) is 10.6 Å². The smallest absolute Gasteiger partial charge is 0.238 e. The number of benzene rings is 2. The predicted octanol–water partition coefficient (Wildman–Crippen LogP) is 3.75. The lowest BCUT2D eigenvalue weighted by molar-refractivity contribution is -0.120.